The number of hydrogen-bond acceptors (Lipinski definition) is 7. The van der Waals surface area contributed by atoms with Crippen molar-refractivity contribution in [3.8, 4) is 0 Å². The average Bonchev–Trinajstić information content (AvgIpc) is 3.63. The highest BCUT2D eigenvalue weighted by Crippen LogP contribution is 2.69. The van der Waals surface area contributed by atoms with E-state index in [2.05, 4.69) is 34.4 Å². The molecule has 1 aliphatic carbocycles. The Bertz CT molecular complexity index is 2090. The highest BCUT2D eigenvalue weighted by atomic mass is 35.5. The molecule has 1 saturated carbocycles. The van der Waals surface area contributed by atoms with Crippen molar-refractivity contribution in [2.45, 2.75) is 99.6 Å². The van der Waals surface area contributed by atoms with Gasteiger partial charge in [-0.2, -0.15) is 0 Å². The number of hydrogen-bond donors (Lipinski definition) is 4. The molecular weight excluding hydrogens is 754 g/mol. The lowest BCUT2D eigenvalue weighted by Crippen LogP contribution is -2.64. The minimum Gasteiger partial charge on any atom is -0.394 e. The molecule has 3 aliphatic heterocycles. The number of anilines is 1. The summed E-state index contributed by atoms with van der Waals surface area (Å²) in [4.78, 5) is 37.9. The van der Waals surface area contributed by atoms with Gasteiger partial charge in [0.1, 0.15) is 22.2 Å². The number of nitrogens with one attached hydrogen (secondary N) is 2. The summed E-state index contributed by atoms with van der Waals surface area (Å²) < 4.78 is 23.0. The van der Waals surface area contributed by atoms with Crippen LogP contribution in [0.3, 0.4) is 0 Å². The molecule has 2 saturated heterocycles. The van der Waals surface area contributed by atoms with Crippen LogP contribution in [0.2, 0.25) is 10.2 Å². The lowest BCUT2D eigenvalue weighted by Gasteiger charge is -2.56. The quantitative estimate of drug-likeness (QED) is 0.135. The van der Waals surface area contributed by atoms with E-state index < -0.39 is 58.7 Å². The van der Waals surface area contributed by atoms with Gasteiger partial charge < -0.3 is 25.6 Å². The zero-order valence-corrected chi connectivity index (χ0v) is 32.9. The number of aliphatic hydroxyl groups excluding tert-OH is 2. The van der Waals surface area contributed by atoms with E-state index in [1.807, 2.05) is 60.7 Å². The number of nitrogens with zero attached hydrogens (tertiary/aromatic N) is 2. The molecule has 56 heavy (non-hydrogen) atoms. The largest absolute Gasteiger partial charge is 0.394 e. The predicted octanol–water partition coefficient (Wildman–Crippen LogP) is 7.66. The van der Waals surface area contributed by atoms with Gasteiger partial charge in [0.05, 0.1) is 48.6 Å². The van der Waals surface area contributed by atoms with Crippen molar-refractivity contribution >= 4 is 40.8 Å². The van der Waals surface area contributed by atoms with Crippen LogP contribution < -0.4 is 10.6 Å². The van der Waals surface area contributed by atoms with Gasteiger partial charge in [0.2, 0.25) is 11.8 Å². The van der Waals surface area contributed by atoms with Gasteiger partial charge in [-0.25, -0.2) is 9.37 Å². The van der Waals surface area contributed by atoms with E-state index in [1.165, 1.54) is 6.07 Å². The molecule has 0 radical (unpaired) electrons. The second-order valence-electron chi connectivity index (χ2n) is 16.6. The fourth-order valence-corrected chi connectivity index (χ4v) is 10.6. The summed E-state index contributed by atoms with van der Waals surface area (Å²) >= 11 is 13.1. The monoisotopic (exact) mass is 800 g/mol. The van der Waals surface area contributed by atoms with Gasteiger partial charge in [-0.05, 0) is 72.8 Å². The van der Waals surface area contributed by atoms with Crippen molar-refractivity contribution in [3.05, 3.63) is 129 Å². The van der Waals surface area contributed by atoms with Gasteiger partial charge >= 0.3 is 0 Å². The van der Waals surface area contributed by atoms with E-state index in [1.54, 1.807) is 24.3 Å². The van der Waals surface area contributed by atoms with Crippen LogP contribution in [-0.4, -0.2) is 68.9 Å². The first kappa shape index (κ1) is 38.9. The van der Waals surface area contributed by atoms with Gasteiger partial charge in [-0.1, -0.05) is 116 Å². The first-order valence-electron chi connectivity index (χ1n) is 19.4. The van der Waals surface area contributed by atoms with Gasteiger partial charge in [0, 0.05) is 17.0 Å². The van der Waals surface area contributed by atoms with Crippen LogP contribution in [0.4, 0.5) is 10.2 Å². The molecular formula is C44H47Cl2FN4O5. The fraction of sp³-hybridized carbons (Fsp3) is 0.432. The van der Waals surface area contributed by atoms with Crippen molar-refractivity contribution < 1.29 is 28.9 Å². The molecule has 3 aromatic carbocycles. The van der Waals surface area contributed by atoms with Crippen molar-refractivity contribution in [1.29, 1.82) is 0 Å². The standard InChI is InChI=1S/C44H47Cl2FN4O5/c1-42(2)20-22-43(23-21-42)44(31-18-19-33(46)49-39(31)50-41(44)55)34(30-14-9-15-32(45)35(30)47)37(40(54)48-28-16-17-29(24-52)56-25-28)51(43)36(26-10-5-3-6-11-26)38(53)27-12-7-4-8-13-27/h3-15,18-19,28-29,34,36-38,52-53H,16-17,20-25H2,1-2H3,(H,48,54)(H,49,50,55)/t28-,29+,34+,36-,37?,38+,44?/m1/s1. The third-order valence-corrected chi connectivity index (χ3v) is 13.5. The normalized spacial score (nSPS) is 27.8. The number of fused-ring (bicyclic) bond motifs is 3. The van der Waals surface area contributed by atoms with Crippen LogP contribution in [0.5, 0.6) is 0 Å². The van der Waals surface area contributed by atoms with Crippen LogP contribution in [0.25, 0.3) is 0 Å². The maximum atomic E-state index is 17.0. The Kier molecular flexibility index (Phi) is 10.5. The third-order valence-electron chi connectivity index (χ3n) is 13.0. The molecule has 2 unspecified atom stereocenters. The lowest BCUT2D eigenvalue weighted by molar-refractivity contribution is -0.138. The number of likely N-dealkylation sites (tertiary alicyclic amines) is 1. The summed E-state index contributed by atoms with van der Waals surface area (Å²) in [6, 6.07) is 24.5. The molecule has 294 valence electrons. The molecule has 0 bridgehead atoms. The fourth-order valence-electron chi connectivity index (χ4n) is 10.3. The van der Waals surface area contributed by atoms with Crippen molar-refractivity contribution in [2.75, 3.05) is 18.5 Å². The van der Waals surface area contributed by atoms with Gasteiger partial charge in [-0.15, -0.1) is 0 Å². The molecule has 4 N–H and O–H groups in total. The molecule has 4 aliphatic rings. The predicted molar refractivity (Wildman–Crippen MR) is 213 cm³/mol. The molecule has 3 fully saturated rings. The Morgan fingerprint density at radius 2 is 1.64 bits per heavy atom. The molecule has 4 heterocycles. The van der Waals surface area contributed by atoms with Crippen molar-refractivity contribution in [1.82, 2.24) is 15.2 Å². The Morgan fingerprint density at radius 1 is 0.964 bits per heavy atom. The summed E-state index contributed by atoms with van der Waals surface area (Å²) in [6.07, 6.45) is 1.79. The molecule has 8 rings (SSSR count). The number of pyridine rings is 1. The molecule has 9 nitrogen and oxygen atoms in total. The Morgan fingerprint density at radius 3 is 2.29 bits per heavy atom. The van der Waals surface area contributed by atoms with E-state index >= 15 is 14.0 Å². The van der Waals surface area contributed by atoms with Crippen molar-refractivity contribution in [2.24, 2.45) is 5.41 Å². The maximum absolute atomic E-state index is 17.0. The Labute approximate surface area is 336 Å². The summed E-state index contributed by atoms with van der Waals surface area (Å²) in [7, 11) is 0. The second-order valence-corrected chi connectivity index (χ2v) is 17.4. The van der Waals surface area contributed by atoms with E-state index in [0.29, 0.717) is 49.7 Å². The number of amides is 2. The van der Waals surface area contributed by atoms with E-state index in [9.17, 15) is 10.2 Å². The lowest BCUT2D eigenvalue weighted by atomic mass is 9.53. The van der Waals surface area contributed by atoms with Crippen LogP contribution in [0.15, 0.2) is 91.0 Å². The SMILES string of the molecule is CC1(C)CCC2(CC1)N([C@H](c1ccccc1)[C@@H](O)c1ccccc1)C(C(=O)N[C@@H]1CC[C@@H](CO)OC1)[C@H](c1cccc(Cl)c1F)C21C(=O)Nc2nc(Cl)ccc21. The molecule has 1 aromatic heterocycles. The Hall–Kier alpha value is -3.90. The van der Waals surface area contributed by atoms with Gasteiger partial charge in [-0.3, -0.25) is 14.5 Å². The van der Waals surface area contributed by atoms with Crippen LogP contribution in [0, 0.1) is 11.2 Å². The summed E-state index contributed by atoms with van der Waals surface area (Å²) in [6.45, 7) is 4.44. The van der Waals surface area contributed by atoms with Gasteiger partial charge in [0.15, 0.2) is 0 Å². The number of carbonyl (C=O) groups is 2. The minimum absolute atomic E-state index is 0.114. The number of aliphatic hydroxyl groups is 2. The third kappa shape index (κ3) is 6.33. The summed E-state index contributed by atoms with van der Waals surface area (Å²) in [5.74, 6) is -2.47. The smallest absolute Gasteiger partial charge is 0.238 e. The minimum atomic E-state index is -1.61. The Balaban J connectivity index is 1.46. The number of aromatic nitrogens is 1. The molecule has 2 spiro atoms. The van der Waals surface area contributed by atoms with Crippen molar-refractivity contribution in [3.63, 3.8) is 0 Å². The number of halogens is 3. The molecule has 2 amide bonds. The average molecular weight is 802 g/mol. The zero-order valence-electron chi connectivity index (χ0n) is 31.4. The van der Waals surface area contributed by atoms with Gasteiger partial charge in [0.25, 0.3) is 0 Å². The summed E-state index contributed by atoms with van der Waals surface area (Å²) in [5, 5.41) is 28.9. The van der Waals surface area contributed by atoms with Crippen LogP contribution in [-0.2, 0) is 19.7 Å². The maximum Gasteiger partial charge on any atom is 0.238 e. The van der Waals surface area contributed by atoms with E-state index in [-0.39, 0.29) is 46.3 Å². The molecule has 7 atom stereocenters. The number of carbonyl (C=O) groups excluding carboxylic acids is 2. The van der Waals surface area contributed by atoms with E-state index in [0.717, 1.165) is 5.56 Å². The van der Waals surface area contributed by atoms with Crippen LogP contribution >= 0.6 is 23.2 Å². The number of ether oxygens (including phenoxy) is 1. The summed E-state index contributed by atoms with van der Waals surface area (Å²) in [5.41, 5.74) is -0.928. The van der Waals surface area contributed by atoms with Crippen LogP contribution in [0.1, 0.15) is 92.7 Å². The molecule has 12 heteroatoms. The topological polar surface area (TPSA) is 124 Å². The number of rotatable bonds is 8. The number of benzene rings is 3. The first-order chi connectivity index (χ1) is 26.9. The zero-order chi connectivity index (χ0) is 39.4. The highest BCUT2D eigenvalue weighted by molar-refractivity contribution is 6.31. The highest BCUT2D eigenvalue weighted by Gasteiger charge is 2.77. The molecule has 4 aromatic rings. The second kappa shape index (κ2) is 15.1. The van der Waals surface area contributed by atoms with E-state index in [4.69, 9.17) is 27.9 Å². The first-order valence-corrected chi connectivity index (χ1v) is 20.2.